The van der Waals surface area contributed by atoms with Crippen LogP contribution in [-0.2, 0) is 23.1 Å². The van der Waals surface area contributed by atoms with Crippen LogP contribution in [0.2, 0.25) is 0 Å². The summed E-state index contributed by atoms with van der Waals surface area (Å²) in [5, 5.41) is 3.25. The number of sulfone groups is 1. The summed E-state index contributed by atoms with van der Waals surface area (Å²) in [6.07, 6.45) is 7.75. The zero-order valence-electron chi connectivity index (χ0n) is 20.0. The van der Waals surface area contributed by atoms with Gasteiger partial charge in [0.2, 0.25) is 0 Å². The fourth-order valence-electron chi connectivity index (χ4n) is 3.94. The van der Waals surface area contributed by atoms with Gasteiger partial charge < -0.3 is 14.8 Å². The number of hydrogen-bond acceptors (Lipinski definition) is 6. The van der Waals surface area contributed by atoms with Crippen molar-refractivity contribution < 1.29 is 21.6 Å². The third kappa shape index (κ3) is 4.73. The molecule has 0 aromatic carbocycles. The lowest BCUT2D eigenvalue weighted by Gasteiger charge is -2.26. The fraction of sp³-hybridized carbons (Fsp3) is 0.417. The highest BCUT2D eigenvalue weighted by molar-refractivity contribution is 7.95. The van der Waals surface area contributed by atoms with Crippen LogP contribution in [0.25, 0.3) is 16.9 Å². The first-order valence-electron chi connectivity index (χ1n) is 11.6. The summed E-state index contributed by atoms with van der Waals surface area (Å²) < 4.78 is 67.0. The standard InChI is InChI=1S/C22H22F3N5O2S.C2H6/c1-3-33(31,32)21-18(28-17-10-14(8-9-30(17)21)7-6-13-4-5-13)20-27-16-11-15(22(23,24)25)12-26-19(16)29(20)2;1-2/h6-13,17,28H,3-5H2,1-2H3;1-2H3/b7-6+;. The molecule has 1 N–H and O–H groups in total. The van der Waals surface area contributed by atoms with E-state index in [0.717, 1.165) is 17.8 Å². The topological polar surface area (TPSA) is 80.1 Å². The van der Waals surface area contributed by atoms with Crippen molar-refractivity contribution in [1.82, 2.24) is 24.8 Å². The van der Waals surface area contributed by atoms with Crippen LogP contribution in [0.1, 0.15) is 45.0 Å². The molecule has 1 atom stereocenters. The van der Waals surface area contributed by atoms with Gasteiger partial charge in [-0.3, -0.25) is 0 Å². The number of rotatable bonds is 5. The van der Waals surface area contributed by atoms with E-state index in [0.29, 0.717) is 5.92 Å². The molecule has 0 radical (unpaired) electrons. The van der Waals surface area contributed by atoms with Crippen molar-refractivity contribution in [2.24, 2.45) is 13.0 Å². The van der Waals surface area contributed by atoms with Crippen LogP contribution in [0.3, 0.4) is 0 Å². The first-order chi connectivity index (χ1) is 16.6. The van der Waals surface area contributed by atoms with Crippen molar-refractivity contribution in [3.63, 3.8) is 0 Å². The van der Waals surface area contributed by atoms with Crippen LogP contribution < -0.4 is 5.32 Å². The lowest BCUT2D eigenvalue weighted by atomic mass is 10.1. The number of aryl methyl sites for hydroxylation is 1. The molecule has 35 heavy (non-hydrogen) atoms. The molecule has 0 spiro atoms. The summed E-state index contributed by atoms with van der Waals surface area (Å²) in [4.78, 5) is 9.89. The molecule has 4 heterocycles. The minimum Gasteiger partial charge on any atom is -0.356 e. The molecule has 0 amide bonds. The smallest absolute Gasteiger partial charge is 0.356 e. The lowest BCUT2D eigenvalue weighted by Crippen LogP contribution is -2.35. The normalized spacial score (nSPS) is 20.1. The number of imidazole rings is 1. The highest BCUT2D eigenvalue weighted by atomic mass is 32.2. The van der Waals surface area contributed by atoms with Crippen LogP contribution in [0, 0.1) is 5.92 Å². The monoisotopic (exact) mass is 507 g/mol. The number of alkyl halides is 3. The summed E-state index contributed by atoms with van der Waals surface area (Å²) in [7, 11) is -2.09. The number of halogens is 3. The molecule has 3 aliphatic rings. The predicted octanol–water partition coefficient (Wildman–Crippen LogP) is 4.73. The highest BCUT2D eigenvalue weighted by Gasteiger charge is 2.40. The molecule has 188 valence electrons. The first-order valence-corrected chi connectivity index (χ1v) is 13.2. The fourth-order valence-corrected chi connectivity index (χ4v) is 5.17. The highest BCUT2D eigenvalue weighted by Crippen LogP contribution is 2.37. The van der Waals surface area contributed by atoms with Gasteiger partial charge in [-0.15, -0.1) is 0 Å². The summed E-state index contributed by atoms with van der Waals surface area (Å²) in [6, 6.07) is 0.920. The van der Waals surface area contributed by atoms with Gasteiger partial charge in [0.1, 0.15) is 17.4 Å². The van der Waals surface area contributed by atoms with Gasteiger partial charge in [0.25, 0.3) is 0 Å². The molecule has 0 bridgehead atoms. The summed E-state index contributed by atoms with van der Waals surface area (Å²) in [6.45, 7) is 5.55. The third-order valence-corrected chi connectivity index (χ3v) is 7.70. The Balaban J connectivity index is 0.00000141. The maximum atomic E-state index is 13.1. The zero-order chi connectivity index (χ0) is 25.5. The molecular weight excluding hydrogens is 479 g/mol. The molecule has 11 heteroatoms. The van der Waals surface area contributed by atoms with E-state index in [-0.39, 0.29) is 33.5 Å². The van der Waals surface area contributed by atoms with Crippen LogP contribution in [-0.4, -0.2) is 39.8 Å². The van der Waals surface area contributed by atoms with Crippen molar-refractivity contribution in [2.75, 3.05) is 5.75 Å². The first kappa shape index (κ1) is 25.0. The molecule has 1 unspecified atom stereocenters. The minimum absolute atomic E-state index is 0.0360. The van der Waals surface area contributed by atoms with Crippen LogP contribution in [0.15, 0.2) is 53.4 Å². The van der Waals surface area contributed by atoms with E-state index in [9.17, 15) is 21.6 Å². The molecule has 5 rings (SSSR count). The largest absolute Gasteiger partial charge is 0.417 e. The number of nitrogens with zero attached hydrogens (tertiary/aromatic N) is 4. The molecule has 1 aliphatic carbocycles. The zero-order valence-corrected chi connectivity index (χ0v) is 20.8. The van der Waals surface area contributed by atoms with Crippen LogP contribution in [0.4, 0.5) is 13.2 Å². The van der Waals surface area contributed by atoms with E-state index in [4.69, 9.17) is 0 Å². The van der Waals surface area contributed by atoms with Gasteiger partial charge in [0.05, 0.1) is 11.3 Å². The predicted molar refractivity (Wildman–Crippen MR) is 129 cm³/mol. The quantitative estimate of drug-likeness (QED) is 0.631. The number of nitrogens with one attached hydrogen (secondary N) is 1. The maximum absolute atomic E-state index is 13.1. The van der Waals surface area contributed by atoms with Gasteiger partial charge in [-0.1, -0.05) is 32.9 Å². The second kappa shape index (κ2) is 9.18. The van der Waals surface area contributed by atoms with E-state index in [1.165, 1.54) is 17.4 Å². The Morgan fingerprint density at radius 3 is 2.60 bits per heavy atom. The summed E-state index contributed by atoms with van der Waals surface area (Å²) in [5.41, 5.74) is 0.541. The van der Waals surface area contributed by atoms with Crippen molar-refractivity contribution in [3.8, 4) is 0 Å². The van der Waals surface area contributed by atoms with Gasteiger partial charge >= 0.3 is 6.18 Å². The van der Waals surface area contributed by atoms with Gasteiger partial charge in [-0.05, 0) is 42.6 Å². The second-order valence-electron chi connectivity index (χ2n) is 8.32. The Hall–Kier alpha value is -3.08. The van der Waals surface area contributed by atoms with E-state index in [2.05, 4.69) is 21.4 Å². The van der Waals surface area contributed by atoms with Crippen molar-refractivity contribution in [3.05, 3.63) is 64.8 Å². The van der Waals surface area contributed by atoms with Crippen LogP contribution in [0.5, 0.6) is 0 Å². The van der Waals surface area contributed by atoms with Crippen molar-refractivity contribution in [2.45, 2.75) is 46.0 Å². The molecule has 1 fully saturated rings. The lowest BCUT2D eigenvalue weighted by molar-refractivity contribution is -0.137. The Morgan fingerprint density at radius 1 is 1.26 bits per heavy atom. The number of pyridine rings is 1. The average molecular weight is 508 g/mol. The number of allylic oxidation sites excluding steroid dienone is 4. The van der Waals surface area contributed by atoms with Gasteiger partial charge in [-0.25, -0.2) is 18.4 Å². The Bertz CT molecular complexity index is 1370. The maximum Gasteiger partial charge on any atom is 0.417 e. The molecule has 2 aromatic rings. The Morgan fingerprint density at radius 2 is 1.97 bits per heavy atom. The third-order valence-electron chi connectivity index (χ3n) is 5.94. The molecule has 2 aromatic heterocycles. The van der Waals surface area contributed by atoms with E-state index >= 15 is 0 Å². The molecular formula is C24H28F3N5O2S. The van der Waals surface area contributed by atoms with Crippen molar-refractivity contribution >= 4 is 26.7 Å². The van der Waals surface area contributed by atoms with E-state index in [1.807, 2.05) is 32.1 Å². The summed E-state index contributed by atoms with van der Waals surface area (Å²) in [5.74, 6) is 0.672. The Kier molecular flexibility index (Phi) is 6.56. The summed E-state index contributed by atoms with van der Waals surface area (Å²) >= 11 is 0. The molecule has 7 nitrogen and oxygen atoms in total. The second-order valence-corrected chi connectivity index (χ2v) is 10.5. The van der Waals surface area contributed by atoms with Crippen molar-refractivity contribution in [1.29, 1.82) is 0 Å². The van der Waals surface area contributed by atoms with Gasteiger partial charge in [-0.2, -0.15) is 13.2 Å². The number of hydrogen-bond donors (Lipinski definition) is 1. The van der Waals surface area contributed by atoms with Crippen LogP contribution >= 0.6 is 0 Å². The Labute approximate surface area is 202 Å². The molecule has 2 aliphatic heterocycles. The minimum atomic E-state index is -4.55. The van der Waals surface area contributed by atoms with Gasteiger partial charge in [0, 0.05) is 19.4 Å². The van der Waals surface area contributed by atoms with E-state index < -0.39 is 27.7 Å². The number of fused-ring (bicyclic) bond motifs is 2. The van der Waals surface area contributed by atoms with Gasteiger partial charge in [0.15, 0.2) is 26.3 Å². The van der Waals surface area contributed by atoms with E-state index in [1.54, 1.807) is 25.1 Å². The molecule has 1 saturated carbocycles. The SMILES string of the molecule is CC.CCS(=O)(=O)C1=C(c2nc3cc(C(F)(F)F)cnc3n2C)NC2C=C(/C=C/C3CC3)C=CN12. The molecule has 0 saturated heterocycles. The average Bonchev–Trinajstić information content (AvgIpc) is 3.50. The number of aromatic nitrogens is 3.